The van der Waals surface area contributed by atoms with E-state index in [2.05, 4.69) is 6.07 Å². The van der Waals surface area contributed by atoms with Crippen molar-refractivity contribution in [1.29, 1.82) is 5.26 Å². The summed E-state index contributed by atoms with van der Waals surface area (Å²) in [6.45, 7) is 5.14. The first-order valence-corrected chi connectivity index (χ1v) is 8.64. The largest absolute Gasteiger partial charge is 0.331 e. The van der Waals surface area contributed by atoms with E-state index in [4.69, 9.17) is 5.26 Å². The molecule has 1 aromatic carbocycles. The number of amides is 3. The molecular weight excluding hydrogens is 316 g/mol. The molecule has 25 heavy (non-hydrogen) atoms. The molecule has 0 radical (unpaired) electrons. The van der Waals surface area contributed by atoms with Crippen LogP contribution in [0.4, 0.5) is 10.5 Å². The maximum atomic E-state index is 13.1. The average molecular weight is 342 g/mol. The van der Waals surface area contributed by atoms with Crippen molar-refractivity contribution in [2.45, 2.75) is 32.7 Å². The number of hydrogen-bond donors (Lipinski definition) is 0. The summed E-state index contributed by atoms with van der Waals surface area (Å²) < 4.78 is 0. The van der Waals surface area contributed by atoms with Gasteiger partial charge in [-0.05, 0) is 44.9 Å². The van der Waals surface area contributed by atoms with Gasteiger partial charge in [-0.25, -0.2) is 4.79 Å². The molecule has 1 heterocycles. The van der Waals surface area contributed by atoms with E-state index in [1.807, 2.05) is 19.9 Å². The lowest BCUT2D eigenvalue weighted by Crippen LogP contribution is -2.48. The van der Waals surface area contributed by atoms with Crippen LogP contribution < -0.4 is 4.90 Å². The molecule has 0 saturated carbocycles. The molecule has 134 valence electrons. The first-order valence-electron chi connectivity index (χ1n) is 8.64. The van der Waals surface area contributed by atoms with Gasteiger partial charge in [0.05, 0.1) is 11.6 Å². The lowest BCUT2D eigenvalue weighted by molar-refractivity contribution is -0.124. The number of urea groups is 1. The number of carbonyl (C=O) groups is 2. The van der Waals surface area contributed by atoms with Crippen molar-refractivity contribution in [1.82, 2.24) is 9.80 Å². The van der Waals surface area contributed by atoms with Gasteiger partial charge in [0.1, 0.15) is 0 Å². The summed E-state index contributed by atoms with van der Waals surface area (Å²) in [4.78, 5) is 30.2. The predicted molar refractivity (Wildman–Crippen MR) is 97.2 cm³/mol. The molecule has 1 aliphatic heterocycles. The number of rotatable bonds is 3. The third-order valence-corrected chi connectivity index (χ3v) is 4.50. The van der Waals surface area contributed by atoms with Crippen molar-refractivity contribution in [2.75, 3.05) is 32.1 Å². The Kier molecular flexibility index (Phi) is 6.02. The second-order valence-corrected chi connectivity index (χ2v) is 6.90. The zero-order valence-corrected chi connectivity index (χ0v) is 15.4. The van der Waals surface area contributed by atoms with Crippen LogP contribution in [0.1, 0.15) is 32.3 Å². The Morgan fingerprint density at radius 1 is 1.24 bits per heavy atom. The van der Waals surface area contributed by atoms with Crippen molar-refractivity contribution >= 4 is 17.6 Å². The standard InChI is InChI=1S/C19H26N4O2/c1-14(2)23(17-7-5-6-15(12-17)13-20)18(24)16-8-10-22(11-9-16)19(25)21(3)4/h5-7,12,14,16H,8-11H2,1-4H3. The second-order valence-electron chi connectivity index (χ2n) is 6.90. The van der Waals surface area contributed by atoms with Gasteiger partial charge in [0.2, 0.25) is 5.91 Å². The number of anilines is 1. The molecule has 1 aromatic rings. The van der Waals surface area contributed by atoms with Crippen LogP contribution in [0.15, 0.2) is 24.3 Å². The Bertz CT molecular complexity index is 670. The summed E-state index contributed by atoms with van der Waals surface area (Å²) in [5, 5.41) is 9.10. The van der Waals surface area contributed by atoms with Crippen LogP contribution in [0.25, 0.3) is 0 Å². The predicted octanol–water partition coefficient (Wildman–Crippen LogP) is 2.69. The number of benzene rings is 1. The summed E-state index contributed by atoms with van der Waals surface area (Å²) >= 11 is 0. The summed E-state index contributed by atoms with van der Waals surface area (Å²) in [7, 11) is 3.48. The highest BCUT2D eigenvalue weighted by atomic mass is 16.2. The highest BCUT2D eigenvalue weighted by Crippen LogP contribution is 2.26. The number of piperidine rings is 1. The molecular formula is C19H26N4O2. The van der Waals surface area contributed by atoms with Gasteiger partial charge >= 0.3 is 6.03 Å². The molecule has 3 amide bonds. The molecule has 1 fully saturated rings. The van der Waals surface area contributed by atoms with Gasteiger partial charge in [0.25, 0.3) is 0 Å². The first kappa shape index (κ1) is 18.8. The summed E-state index contributed by atoms with van der Waals surface area (Å²) in [6.07, 6.45) is 1.33. The Balaban J connectivity index is 2.12. The fourth-order valence-electron chi connectivity index (χ4n) is 3.20. The molecule has 0 spiro atoms. The van der Waals surface area contributed by atoms with Crippen LogP contribution in [-0.4, -0.2) is 55.0 Å². The van der Waals surface area contributed by atoms with Crippen LogP contribution >= 0.6 is 0 Å². The van der Waals surface area contributed by atoms with Crippen molar-refractivity contribution in [3.8, 4) is 6.07 Å². The van der Waals surface area contributed by atoms with Gasteiger partial charge in [0.15, 0.2) is 0 Å². The van der Waals surface area contributed by atoms with E-state index < -0.39 is 0 Å². The number of likely N-dealkylation sites (tertiary alicyclic amines) is 1. The Hall–Kier alpha value is -2.55. The highest BCUT2D eigenvalue weighted by molar-refractivity contribution is 5.95. The molecule has 1 aliphatic rings. The van der Waals surface area contributed by atoms with E-state index in [1.165, 1.54) is 0 Å². The van der Waals surface area contributed by atoms with Gasteiger partial charge in [-0.1, -0.05) is 6.07 Å². The smallest absolute Gasteiger partial charge is 0.319 e. The van der Waals surface area contributed by atoms with Gasteiger partial charge in [0, 0.05) is 44.8 Å². The molecule has 0 aliphatic carbocycles. The molecule has 0 atom stereocenters. The van der Waals surface area contributed by atoms with E-state index in [-0.39, 0.29) is 23.9 Å². The number of carbonyl (C=O) groups excluding carboxylic acids is 2. The SMILES string of the molecule is CC(C)N(C(=O)C1CCN(C(=O)N(C)C)CC1)c1cccc(C#N)c1. The minimum atomic E-state index is -0.0978. The van der Waals surface area contributed by atoms with Crippen LogP contribution in [-0.2, 0) is 4.79 Å². The average Bonchev–Trinajstić information content (AvgIpc) is 2.61. The topological polar surface area (TPSA) is 67.7 Å². The molecule has 2 rings (SSSR count). The minimum absolute atomic E-state index is 0.00267. The summed E-state index contributed by atoms with van der Waals surface area (Å²) in [6, 6.07) is 9.27. The first-order chi connectivity index (χ1) is 11.8. The van der Waals surface area contributed by atoms with Gasteiger partial charge < -0.3 is 14.7 Å². The van der Waals surface area contributed by atoms with Gasteiger partial charge in [-0.2, -0.15) is 5.26 Å². The molecule has 6 nitrogen and oxygen atoms in total. The molecule has 0 unspecified atom stereocenters. The Morgan fingerprint density at radius 2 is 1.88 bits per heavy atom. The van der Waals surface area contributed by atoms with E-state index >= 15 is 0 Å². The molecule has 0 bridgehead atoms. The number of hydrogen-bond acceptors (Lipinski definition) is 3. The fraction of sp³-hybridized carbons (Fsp3) is 0.526. The third kappa shape index (κ3) is 4.30. The molecule has 1 saturated heterocycles. The molecule has 0 aromatic heterocycles. The second kappa shape index (κ2) is 8.02. The van der Waals surface area contributed by atoms with Crippen LogP contribution in [0.2, 0.25) is 0 Å². The number of nitriles is 1. The summed E-state index contributed by atoms with van der Waals surface area (Å²) in [5.41, 5.74) is 1.30. The maximum Gasteiger partial charge on any atom is 0.319 e. The van der Waals surface area contributed by atoms with E-state index in [9.17, 15) is 9.59 Å². The van der Waals surface area contributed by atoms with Gasteiger partial charge in [-0.3, -0.25) is 4.79 Å². The van der Waals surface area contributed by atoms with Crippen molar-refractivity contribution in [3.05, 3.63) is 29.8 Å². The van der Waals surface area contributed by atoms with Crippen LogP contribution in [0.3, 0.4) is 0 Å². The molecule has 6 heteroatoms. The van der Waals surface area contributed by atoms with E-state index in [0.29, 0.717) is 31.5 Å². The molecule has 0 N–H and O–H groups in total. The third-order valence-electron chi connectivity index (χ3n) is 4.50. The summed E-state index contributed by atoms with van der Waals surface area (Å²) in [5.74, 6) is -0.0265. The van der Waals surface area contributed by atoms with Crippen molar-refractivity contribution in [3.63, 3.8) is 0 Å². The minimum Gasteiger partial charge on any atom is -0.331 e. The van der Waals surface area contributed by atoms with Crippen molar-refractivity contribution in [2.24, 2.45) is 5.92 Å². The van der Waals surface area contributed by atoms with Gasteiger partial charge in [-0.15, -0.1) is 0 Å². The van der Waals surface area contributed by atoms with Crippen molar-refractivity contribution < 1.29 is 9.59 Å². The zero-order valence-electron chi connectivity index (χ0n) is 15.4. The normalized spacial score (nSPS) is 15.0. The quantitative estimate of drug-likeness (QED) is 0.848. The number of nitrogens with zero attached hydrogens (tertiary/aromatic N) is 4. The van der Waals surface area contributed by atoms with E-state index in [0.717, 1.165) is 5.69 Å². The van der Waals surface area contributed by atoms with Crippen LogP contribution in [0, 0.1) is 17.2 Å². The Labute approximate surface area is 149 Å². The zero-order chi connectivity index (χ0) is 18.6. The maximum absolute atomic E-state index is 13.1. The highest BCUT2D eigenvalue weighted by Gasteiger charge is 2.32. The van der Waals surface area contributed by atoms with Crippen LogP contribution in [0.5, 0.6) is 0 Å². The monoisotopic (exact) mass is 342 g/mol. The fourth-order valence-corrected chi connectivity index (χ4v) is 3.20. The Morgan fingerprint density at radius 3 is 2.40 bits per heavy atom. The lowest BCUT2D eigenvalue weighted by Gasteiger charge is -2.36. The van der Waals surface area contributed by atoms with E-state index in [1.54, 1.807) is 47.0 Å². The lowest BCUT2D eigenvalue weighted by atomic mass is 9.94.